The van der Waals surface area contributed by atoms with Gasteiger partial charge in [0.05, 0.1) is 12.4 Å². The predicted molar refractivity (Wildman–Crippen MR) is 109 cm³/mol. The molecule has 0 spiro atoms. The van der Waals surface area contributed by atoms with Crippen molar-refractivity contribution in [1.82, 2.24) is 10.9 Å². The third-order valence-electron chi connectivity index (χ3n) is 3.96. The highest BCUT2D eigenvalue weighted by molar-refractivity contribution is 5.98. The van der Waals surface area contributed by atoms with Crippen molar-refractivity contribution in [2.24, 2.45) is 10.2 Å². The van der Waals surface area contributed by atoms with Crippen LogP contribution in [0.5, 0.6) is 0 Å². The fraction of sp³-hybridized carbons (Fsp3) is 0. The van der Waals surface area contributed by atoms with E-state index in [2.05, 4.69) is 21.1 Å². The molecule has 2 N–H and O–H groups in total. The second-order valence-corrected chi connectivity index (χ2v) is 6.02. The molecule has 0 heterocycles. The molecule has 0 aliphatic carbocycles. The lowest BCUT2D eigenvalue weighted by atomic mass is 10.1. The van der Waals surface area contributed by atoms with Crippen LogP contribution in [0.1, 0.15) is 31.8 Å². The van der Waals surface area contributed by atoms with Crippen molar-refractivity contribution in [2.45, 2.75) is 0 Å². The van der Waals surface area contributed by atoms with Gasteiger partial charge in [0, 0.05) is 22.3 Å². The minimum atomic E-state index is -0.521. The lowest BCUT2D eigenvalue weighted by molar-refractivity contribution is 0.0943. The van der Waals surface area contributed by atoms with E-state index in [0.29, 0.717) is 0 Å². The van der Waals surface area contributed by atoms with E-state index in [0.717, 1.165) is 0 Å². The summed E-state index contributed by atoms with van der Waals surface area (Å²) >= 11 is 0. The molecule has 0 saturated heterocycles. The number of hydrogen-bond acceptors (Lipinski definition) is 4. The standard InChI is InChI=1S/C22H16F2N4O2/c23-19-7-3-1-5-17(19)13-25-27-21(29)15-9-11-16(12-10-15)22(30)28-26-14-18-6-2-4-8-20(18)24/h1-14H,(H,27,29)(H,28,30)/b25-13-,26-14-. The van der Waals surface area contributed by atoms with Gasteiger partial charge < -0.3 is 0 Å². The fourth-order valence-corrected chi connectivity index (χ4v) is 2.38. The average Bonchev–Trinajstić information content (AvgIpc) is 2.76. The van der Waals surface area contributed by atoms with Crippen LogP contribution in [-0.2, 0) is 0 Å². The van der Waals surface area contributed by atoms with Crippen molar-refractivity contribution in [2.75, 3.05) is 0 Å². The third kappa shape index (κ3) is 5.41. The number of hydrogen-bond donors (Lipinski definition) is 2. The van der Waals surface area contributed by atoms with Crippen LogP contribution in [-0.4, -0.2) is 24.2 Å². The molecule has 0 aromatic heterocycles. The molecule has 0 fully saturated rings. The van der Waals surface area contributed by atoms with Gasteiger partial charge in [-0.1, -0.05) is 36.4 Å². The smallest absolute Gasteiger partial charge is 0.267 e. The maximum Gasteiger partial charge on any atom is 0.271 e. The highest BCUT2D eigenvalue weighted by atomic mass is 19.1. The summed E-state index contributed by atoms with van der Waals surface area (Å²) in [5, 5.41) is 7.44. The molecular weight excluding hydrogens is 390 g/mol. The van der Waals surface area contributed by atoms with Crippen LogP contribution in [0, 0.1) is 11.6 Å². The molecule has 8 heteroatoms. The van der Waals surface area contributed by atoms with Crippen LogP contribution in [0.2, 0.25) is 0 Å². The second-order valence-electron chi connectivity index (χ2n) is 6.02. The Morgan fingerprint density at radius 3 is 1.37 bits per heavy atom. The minimum absolute atomic E-state index is 0.237. The number of nitrogens with one attached hydrogen (secondary N) is 2. The summed E-state index contributed by atoms with van der Waals surface area (Å²) in [4.78, 5) is 24.2. The zero-order valence-corrected chi connectivity index (χ0v) is 15.5. The van der Waals surface area contributed by atoms with E-state index in [1.54, 1.807) is 24.3 Å². The molecule has 0 bridgehead atoms. The van der Waals surface area contributed by atoms with Crippen LogP contribution in [0.15, 0.2) is 83.0 Å². The summed E-state index contributed by atoms with van der Waals surface area (Å²) in [5.74, 6) is -1.95. The van der Waals surface area contributed by atoms with Gasteiger partial charge in [0.15, 0.2) is 0 Å². The summed E-state index contributed by atoms with van der Waals surface area (Å²) in [6.45, 7) is 0. The highest BCUT2D eigenvalue weighted by Crippen LogP contribution is 2.06. The Labute approximate surface area is 170 Å². The summed E-state index contributed by atoms with van der Waals surface area (Å²) in [7, 11) is 0. The van der Waals surface area contributed by atoms with Gasteiger partial charge in [-0.15, -0.1) is 0 Å². The van der Waals surface area contributed by atoms with Crippen LogP contribution >= 0.6 is 0 Å². The van der Waals surface area contributed by atoms with Gasteiger partial charge in [0.25, 0.3) is 11.8 Å². The molecule has 3 rings (SSSR count). The van der Waals surface area contributed by atoms with Crippen molar-refractivity contribution in [3.8, 4) is 0 Å². The van der Waals surface area contributed by atoms with Crippen LogP contribution in [0.25, 0.3) is 0 Å². The zero-order chi connectivity index (χ0) is 21.3. The van der Waals surface area contributed by atoms with Gasteiger partial charge in [-0.05, 0) is 36.4 Å². The molecule has 0 saturated carbocycles. The van der Waals surface area contributed by atoms with E-state index < -0.39 is 23.4 Å². The average molecular weight is 406 g/mol. The Morgan fingerprint density at radius 2 is 1.00 bits per heavy atom. The Bertz CT molecular complexity index is 1020. The lowest BCUT2D eigenvalue weighted by Crippen LogP contribution is -2.19. The normalized spacial score (nSPS) is 11.0. The van der Waals surface area contributed by atoms with Gasteiger partial charge in [-0.3, -0.25) is 9.59 Å². The SMILES string of the molecule is O=C(N/N=C\c1ccccc1F)c1ccc(C(=O)N/N=C\c2ccccc2F)cc1. The topological polar surface area (TPSA) is 82.9 Å². The predicted octanol–water partition coefficient (Wildman–Crippen LogP) is 3.49. The molecular formula is C22H16F2N4O2. The third-order valence-corrected chi connectivity index (χ3v) is 3.96. The van der Waals surface area contributed by atoms with E-state index in [-0.39, 0.29) is 22.3 Å². The molecule has 150 valence electrons. The molecule has 0 atom stereocenters. The molecule has 3 aromatic carbocycles. The van der Waals surface area contributed by atoms with Crippen molar-refractivity contribution < 1.29 is 18.4 Å². The number of carbonyl (C=O) groups excluding carboxylic acids is 2. The van der Waals surface area contributed by atoms with E-state index in [9.17, 15) is 18.4 Å². The number of nitrogens with zero attached hydrogens (tertiary/aromatic N) is 2. The maximum absolute atomic E-state index is 13.5. The summed E-state index contributed by atoms with van der Waals surface area (Å²) in [5.41, 5.74) is 5.56. The van der Waals surface area contributed by atoms with Crippen LogP contribution in [0.4, 0.5) is 8.78 Å². The first-order chi connectivity index (χ1) is 14.5. The number of rotatable bonds is 6. The van der Waals surface area contributed by atoms with Gasteiger partial charge >= 0.3 is 0 Å². The fourth-order valence-electron chi connectivity index (χ4n) is 2.38. The van der Waals surface area contributed by atoms with E-state index in [1.165, 1.54) is 61.0 Å². The monoisotopic (exact) mass is 406 g/mol. The van der Waals surface area contributed by atoms with Crippen molar-refractivity contribution in [1.29, 1.82) is 0 Å². The number of benzene rings is 3. The number of halogens is 2. The first-order valence-electron chi connectivity index (χ1n) is 8.80. The largest absolute Gasteiger partial charge is 0.271 e. The van der Waals surface area contributed by atoms with Gasteiger partial charge in [-0.25, -0.2) is 19.6 Å². The van der Waals surface area contributed by atoms with Gasteiger partial charge in [-0.2, -0.15) is 10.2 Å². The van der Waals surface area contributed by atoms with Gasteiger partial charge in [0.1, 0.15) is 11.6 Å². The van der Waals surface area contributed by atoms with Crippen LogP contribution < -0.4 is 10.9 Å². The Morgan fingerprint density at radius 1 is 0.633 bits per heavy atom. The van der Waals surface area contributed by atoms with Crippen molar-refractivity contribution in [3.63, 3.8) is 0 Å². The quantitative estimate of drug-likeness (QED) is 0.485. The molecule has 6 nitrogen and oxygen atoms in total. The number of amides is 2. The summed E-state index contributed by atoms with van der Waals surface area (Å²) in [6, 6.07) is 17.7. The van der Waals surface area contributed by atoms with Crippen molar-refractivity contribution in [3.05, 3.63) is 107 Å². The molecule has 30 heavy (non-hydrogen) atoms. The second kappa shape index (κ2) is 9.83. The van der Waals surface area contributed by atoms with Gasteiger partial charge in [0.2, 0.25) is 0 Å². The first-order valence-corrected chi connectivity index (χ1v) is 8.80. The molecule has 2 amide bonds. The van der Waals surface area contributed by atoms with E-state index in [1.807, 2.05) is 0 Å². The van der Waals surface area contributed by atoms with E-state index >= 15 is 0 Å². The summed E-state index contributed by atoms with van der Waals surface area (Å²) in [6.07, 6.45) is 2.39. The lowest BCUT2D eigenvalue weighted by Gasteiger charge is -2.03. The number of carbonyl (C=O) groups is 2. The summed E-state index contributed by atoms with van der Waals surface area (Å²) < 4.78 is 27.0. The molecule has 0 aliphatic heterocycles. The zero-order valence-electron chi connectivity index (χ0n) is 15.5. The number of hydrazone groups is 2. The van der Waals surface area contributed by atoms with Crippen molar-refractivity contribution >= 4 is 24.2 Å². The Kier molecular flexibility index (Phi) is 6.73. The Balaban J connectivity index is 1.56. The minimum Gasteiger partial charge on any atom is -0.267 e. The van der Waals surface area contributed by atoms with Crippen LogP contribution in [0.3, 0.4) is 0 Å². The maximum atomic E-state index is 13.5. The molecule has 0 unspecified atom stereocenters. The molecule has 0 radical (unpaired) electrons. The molecule has 3 aromatic rings. The Hall–Kier alpha value is -4.20. The van der Waals surface area contributed by atoms with E-state index in [4.69, 9.17) is 0 Å². The molecule has 0 aliphatic rings. The highest BCUT2D eigenvalue weighted by Gasteiger charge is 2.08. The first kappa shape index (κ1) is 20.5.